The maximum Gasteiger partial charge on any atom is 0.224 e. The zero-order chi connectivity index (χ0) is 17.6. The summed E-state index contributed by atoms with van der Waals surface area (Å²) in [4.78, 5) is 8.75. The Morgan fingerprint density at radius 2 is 1.96 bits per heavy atom. The first kappa shape index (κ1) is 17.0. The number of nitrogens with one attached hydrogen (secondary N) is 2. The molecule has 0 fully saturated rings. The van der Waals surface area contributed by atoms with Gasteiger partial charge in [-0.2, -0.15) is 4.98 Å². The molecule has 1 heterocycles. The van der Waals surface area contributed by atoms with Crippen molar-refractivity contribution in [3.63, 3.8) is 0 Å². The van der Waals surface area contributed by atoms with Crippen molar-refractivity contribution in [1.82, 2.24) is 9.97 Å². The Hall–Kier alpha value is -2.79. The maximum atomic E-state index is 6.06. The minimum absolute atomic E-state index is 0.550. The highest BCUT2D eigenvalue weighted by Gasteiger charge is 2.06. The Kier molecular flexibility index (Phi) is 5.36. The van der Waals surface area contributed by atoms with Crippen molar-refractivity contribution in [2.45, 2.75) is 13.5 Å². The number of benzene rings is 2. The van der Waals surface area contributed by atoms with Crippen LogP contribution in [0, 0.1) is 6.92 Å². The quantitative estimate of drug-likeness (QED) is 0.665. The number of rotatable bonds is 6. The Balaban J connectivity index is 1.74. The number of anilines is 3. The average molecular weight is 355 g/mol. The standard InChI is InChI=1S/C19H19ClN4O/c1-13-5-3-4-6-14(13)12-22-19-21-10-9-18(24-19)23-16-11-15(20)7-8-17(16)25-2/h3-11H,12H2,1-2H3,(H2,21,22,23,24). The average Bonchev–Trinajstić information content (AvgIpc) is 2.62. The summed E-state index contributed by atoms with van der Waals surface area (Å²) in [6.45, 7) is 2.75. The first-order chi connectivity index (χ1) is 12.2. The number of hydrogen-bond acceptors (Lipinski definition) is 5. The molecule has 3 rings (SSSR count). The summed E-state index contributed by atoms with van der Waals surface area (Å²) in [5.74, 6) is 1.90. The molecule has 0 radical (unpaired) electrons. The van der Waals surface area contributed by atoms with Crippen LogP contribution in [0.15, 0.2) is 54.7 Å². The fourth-order valence-electron chi connectivity index (χ4n) is 2.41. The van der Waals surface area contributed by atoms with Gasteiger partial charge in [-0.05, 0) is 42.3 Å². The number of methoxy groups -OCH3 is 1. The second kappa shape index (κ2) is 7.85. The van der Waals surface area contributed by atoms with E-state index in [1.807, 2.05) is 18.2 Å². The molecule has 128 valence electrons. The number of ether oxygens (including phenoxy) is 1. The van der Waals surface area contributed by atoms with Crippen LogP contribution in [0.2, 0.25) is 5.02 Å². The summed E-state index contributed by atoms with van der Waals surface area (Å²) in [6, 6.07) is 15.4. The van der Waals surface area contributed by atoms with E-state index in [0.717, 1.165) is 5.69 Å². The molecule has 0 spiro atoms. The molecule has 0 amide bonds. The number of nitrogens with zero attached hydrogens (tertiary/aromatic N) is 2. The van der Waals surface area contributed by atoms with E-state index >= 15 is 0 Å². The molecule has 1 aromatic heterocycles. The highest BCUT2D eigenvalue weighted by Crippen LogP contribution is 2.30. The van der Waals surface area contributed by atoms with E-state index in [1.54, 1.807) is 31.5 Å². The predicted molar refractivity (Wildman–Crippen MR) is 102 cm³/mol. The van der Waals surface area contributed by atoms with Gasteiger partial charge in [-0.25, -0.2) is 4.98 Å². The van der Waals surface area contributed by atoms with E-state index in [0.29, 0.717) is 29.1 Å². The lowest BCUT2D eigenvalue weighted by Gasteiger charge is -2.12. The third-order valence-corrected chi connectivity index (χ3v) is 4.01. The van der Waals surface area contributed by atoms with Gasteiger partial charge in [0.05, 0.1) is 12.8 Å². The van der Waals surface area contributed by atoms with E-state index in [2.05, 4.69) is 39.7 Å². The number of aromatic nitrogens is 2. The lowest BCUT2D eigenvalue weighted by atomic mass is 10.1. The molecule has 0 bridgehead atoms. The van der Waals surface area contributed by atoms with Crippen molar-refractivity contribution >= 4 is 29.1 Å². The third kappa shape index (κ3) is 4.39. The van der Waals surface area contributed by atoms with Gasteiger partial charge in [-0.15, -0.1) is 0 Å². The summed E-state index contributed by atoms with van der Waals surface area (Å²) in [7, 11) is 1.61. The van der Waals surface area contributed by atoms with E-state index in [-0.39, 0.29) is 0 Å². The monoisotopic (exact) mass is 354 g/mol. The van der Waals surface area contributed by atoms with Crippen LogP contribution < -0.4 is 15.4 Å². The number of aryl methyl sites for hydroxylation is 1. The molecule has 3 aromatic rings. The van der Waals surface area contributed by atoms with Gasteiger partial charge in [0, 0.05) is 17.8 Å². The number of halogens is 1. The van der Waals surface area contributed by atoms with Crippen molar-refractivity contribution in [2.24, 2.45) is 0 Å². The van der Waals surface area contributed by atoms with Crippen LogP contribution >= 0.6 is 11.6 Å². The molecule has 0 unspecified atom stereocenters. The van der Waals surface area contributed by atoms with Gasteiger partial charge in [0.15, 0.2) is 0 Å². The van der Waals surface area contributed by atoms with Gasteiger partial charge in [-0.3, -0.25) is 0 Å². The fourth-order valence-corrected chi connectivity index (χ4v) is 2.58. The van der Waals surface area contributed by atoms with Crippen molar-refractivity contribution in [3.05, 3.63) is 70.9 Å². The minimum Gasteiger partial charge on any atom is -0.495 e. The summed E-state index contributed by atoms with van der Waals surface area (Å²) >= 11 is 6.06. The molecule has 0 atom stereocenters. The van der Waals surface area contributed by atoms with Gasteiger partial charge in [0.1, 0.15) is 11.6 Å². The van der Waals surface area contributed by atoms with E-state index < -0.39 is 0 Å². The van der Waals surface area contributed by atoms with Gasteiger partial charge < -0.3 is 15.4 Å². The van der Waals surface area contributed by atoms with E-state index in [9.17, 15) is 0 Å². The van der Waals surface area contributed by atoms with Crippen molar-refractivity contribution in [3.8, 4) is 5.75 Å². The molecule has 2 N–H and O–H groups in total. The lowest BCUT2D eigenvalue weighted by molar-refractivity contribution is 0.417. The van der Waals surface area contributed by atoms with Gasteiger partial charge in [-0.1, -0.05) is 35.9 Å². The molecular weight excluding hydrogens is 336 g/mol. The minimum atomic E-state index is 0.550. The zero-order valence-electron chi connectivity index (χ0n) is 14.1. The molecular formula is C19H19ClN4O. The van der Waals surface area contributed by atoms with E-state index in [4.69, 9.17) is 16.3 Å². The Morgan fingerprint density at radius 3 is 2.76 bits per heavy atom. The van der Waals surface area contributed by atoms with E-state index in [1.165, 1.54) is 11.1 Å². The largest absolute Gasteiger partial charge is 0.495 e. The predicted octanol–water partition coefficient (Wildman–Crippen LogP) is 4.80. The molecule has 0 aliphatic heterocycles. The summed E-state index contributed by atoms with van der Waals surface area (Å²) in [5, 5.41) is 7.08. The zero-order valence-corrected chi connectivity index (χ0v) is 14.8. The first-order valence-electron chi connectivity index (χ1n) is 7.87. The Morgan fingerprint density at radius 1 is 1.12 bits per heavy atom. The second-order valence-corrected chi connectivity index (χ2v) is 5.95. The summed E-state index contributed by atoms with van der Waals surface area (Å²) in [6.07, 6.45) is 1.70. The van der Waals surface area contributed by atoms with Crippen LogP contribution in [0.3, 0.4) is 0 Å². The van der Waals surface area contributed by atoms with Crippen molar-refractivity contribution < 1.29 is 4.74 Å². The highest BCUT2D eigenvalue weighted by molar-refractivity contribution is 6.31. The van der Waals surface area contributed by atoms with Crippen LogP contribution in [0.1, 0.15) is 11.1 Å². The van der Waals surface area contributed by atoms with Crippen LogP contribution in [0.25, 0.3) is 0 Å². The molecule has 6 heteroatoms. The summed E-state index contributed by atoms with van der Waals surface area (Å²) in [5.41, 5.74) is 3.19. The van der Waals surface area contributed by atoms with Crippen molar-refractivity contribution in [1.29, 1.82) is 0 Å². The van der Waals surface area contributed by atoms with Gasteiger partial charge >= 0.3 is 0 Å². The maximum absolute atomic E-state index is 6.06. The molecule has 2 aromatic carbocycles. The van der Waals surface area contributed by atoms with Crippen LogP contribution in [0.4, 0.5) is 17.5 Å². The summed E-state index contributed by atoms with van der Waals surface area (Å²) < 4.78 is 5.34. The number of hydrogen-bond donors (Lipinski definition) is 2. The molecule has 0 aliphatic carbocycles. The van der Waals surface area contributed by atoms with Crippen LogP contribution in [0.5, 0.6) is 5.75 Å². The molecule has 0 saturated heterocycles. The Labute approximate surface area is 152 Å². The highest BCUT2D eigenvalue weighted by atomic mass is 35.5. The molecule has 0 aliphatic rings. The van der Waals surface area contributed by atoms with Gasteiger partial charge in [0.25, 0.3) is 0 Å². The molecule has 5 nitrogen and oxygen atoms in total. The lowest BCUT2D eigenvalue weighted by Crippen LogP contribution is -2.06. The topological polar surface area (TPSA) is 59.1 Å². The molecule has 0 saturated carbocycles. The SMILES string of the molecule is COc1ccc(Cl)cc1Nc1ccnc(NCc2ccccc2C)n1. The van der Waals surface area contributed by atoms with Crippen LogP contribution in [-0.2, 0) is 6.54 Å². The Bertz CT molecular complexity index is 870. The third-order valence-electron chi connectivity index (χ3n) is 3.78. The van der Waals surface area contributed by atoms with Crippen molar-refractivity contribution in [2.75, 3.05) is 17.7 Å². The van der Waals surface area contributed by atoms with Crippen LogP contribution in [-0.4, -0.2) is 17.1 Å². The first-order valence-corrected chi connectivity index (χ1v) is 8.25. The molecule has 25 heavy (non-hydrogen) atoms. The van der Waals surface area contributed by atoms with Gasteiger partial charge in [0.2, 0.25) is 5.95 Å². The smallest absolute Gasteiger partial charge is 0.224 e. The normalized spacial score (nSPS) is 10.4. The second-order valence-electron chi connectivity index (χ2n) is 5.52. The fraction of sp³-hybridized carbons (Fsp3) is 0.158.